The van der Waals surface area contributed by atoms with E-state index in [9.17, 15) is 14.4 Å². The van der Waals surface area contributed by atoms with Crippen molar-refractivity contribution in [3.05, 3.63) is 58.2 Å². The van der Waals surface area contributed by atoms with Gasteiger partial charge in [-0.3, -0.25) is 24.4 Å². The summed E-state index contributed by atoms with van der Waals surface area (Å²) < 4.78 is 19.8. The van der Waals surface area contributed by atoms with Crippen LogP contribution in [0.5, 0.6) is 0 Å². The van der Waals surface area contributed by atoms with Gasteiger partial charge in [0.05, 0.1) is 34.8 Å². The van der Waals surface area contributed by atoms with Crippen molar-refractivity contribution in [2.45, 2.75) is 97.1 Å². The molecule has 1 aromatic carbocycles. The number of amides is 2. The quantitative estimate of drug-likeness (QED) is 0.230. The lowest BCUT2D eigenvalue weighted by Gasteiger charge is -2.35. The molecule has 56 heavy (non-hydrogen) atoms. The van der Waals surface area contributed by atoms with Crippen molar-refractivity contribution < 1.29 is 28.6 Å². The molecule has 6 heterocycles. The summed E-state index contributed by atoms with van der Waals surface area (Å²) in [6.45, 7) is 10.2. The van der Waals surface area contributed by atoms with E-state index in [1.54, 1.807) is 13.3 Å². The lowest BCUT2D eigenvalue weighted by Crippen LogP contribution is -2.61. The molecule has 12 nitrogen and oxygen atoms in total. The normalized spacial score (nSPS) is 21.3. The second-order valence-electron chi connectivity index (χ2n) is 14.8. The molecule has 2 N–H and O–H groups in total. The number of nitrogens with zero attached hydrogens (tertiary/aromatic N) is 4. The van der Waals surface area contributed by atoms with Crippen LogP contribution in [0.15, 0.2) is 41.9 Å². The second kappa shape index (κ2) is 20.3. The highest BCUT2D eigenvalue weighted by Crippen LogP contribution is 2.42. The topological polar surface area (TPSA) is 137 Å². The van der Waals surface area contributed by atoms with E-state index in [2.05, 4.69) is 60.3 Å². The third kappa shape index (κ3) is 9.91. The largest absolute Gasteiger partial charge is 0.464 e. The first-order valence-electron chi connectivity index (χ1n) is 18.3. The molecule has 2 fully saturated rings. The lowest BCUT2D eigenvalue weighted by molar-refractivity contribution is -0.155. The van der Waals surface area contributed by atoms with Crippen molar-refractivity contribution in [3.63, 3.8) is 0 Å². The number of pyridine rings is 1. The average Bonchev–Trinajstić information content (AvgIpc) is 3.93. The van der Waals surface area contributed by atoms with E-state index in [-0.39, 0.29) is 84.9 Å². The Bertz CT molecular complexity index is 1980. The third-order valence-corrected chi connectivity index (χ3v) is 11.2. The van der Waals surface area contributed by atoms with Gasteiger partial charge in [-0.05, 0) is 75.8 Å². The summed E-state index contributed by atoms with van der Waals surface area (Å²) in [6.07, 6.45) is 4.37. The number of cyclic esters (lactones) is 1. The van der Waals surface area contributed by atoms with Crippen LogP contribution >= 0.6 is 65.3 Å². The summed E-state index contributed by atoms with van der Waals surface area (Å²) in [5.74, 6) is -1.03. The molecule has 308 valence electrons. The minimum Gasteiger partial charge on any atom is -0.464 e. The minimum atomic E-state index is -0.894. The number of nitrogens with one attached hydrogen (secondary N) is 2. The van der Waals surface area contributed by atoms with Crippen LogP contribution in [-0.2, 0) is 48.0 Å². The molecule has 0 spiro atoms. The summed E-state index contributed by atoms with van der Waals surface area (Å²) in [5, 5.41) is 8.24. The van der Waals surface area contributed by atoms with E-state index < -0.39 is 29.6 Å². The highest BCUT2D eigenvalue weighted by molar-refractivity contribution is 7.59. The van der Waals surface area contributed by atoms with E-state index in [0.717, 1.165) is 62.6 Å². The van der Waals surface area contributed by atoms with E-state index in [0.29, 0.717) is 38.8 Å². The highest BCUT2D eigenvalue weighted by atomic mass is 32.1. The van der Waals surface area contributed by atoms with Crippen molar-refractivity contribution in [3.8, 4) is 22.5 Å². The molecular formula is C39H56N6O6S5. The number of fused-ring (bicyclic) bond motifs is 6. The molecule has 3 aliphatic heterocycles. The molecular weight excluding hydrogens is 809 g/mol. The van der Waals surface area contributed by atoms with Gasteiger partial charge in [-0.2, -0.15) is 54.0 Å². The maximum Gasteiger partial charge on any atom is 0.324 e. The summed E-state index contributed by atoms with van der Waals surface area (Å²) in [4.78, 5) is 50.7. The molecule has 0 radical (unpaired) electrons. The smallest absolute Gasteiger partial charge is 0.324 e. The van der Waals surface area contributed by atoms with Gasteiger partial charge in [0.1, 0.15) is 18.2 Å². The van der Waals surface area contributed by atoms with Crippen LogP contribution in [-0.4, -0.2) is 82.4 Å². The van der Waals surface area contributed by atoms with Crippen LogP contribution in [0.4, 0.5) is 0 Å². The predicted octanol–water partition coefficient (Wildman–Crippen LogP) is 5.83. The van der Waals surface area contributed by atoms with Crippen LogP contribution in [0.2, 0.25) is 0 Å². The van der Waals surface area contributed by atoms with Gasteiger partial charge in [0, 0.05) is 72.2 Å². The first-order chi connectivity index (χ1) is 25.1. The van der Waals surface area contributed by atoms with E-state index in [4.69, 9.17) is 24.2 Å². The van der Waals surface area contributed by atoms with Crippen molar-refractivity contribution in [2.24, 2.45) is 5.41 Å². The number of esters is 1. The molecule has 0 aliphatic carbocycles. The van der Waals surface area contributed by atoms with Gasteiger partial charge in [-0.25, -0.2) is 10.4 Å². The van der Waals surface area contributed by atoms with Gasteiger partial charge in [0.15, 0.2) is 0 Å². The van der Waals surface area contributed by atoms with Gasteiger partial charge in [-0.1, -0.05) is 19.9 Å². The van der Waals surface area contributed by atoms with Crippen LogP contribution in [0, 0.1) is 5.41 Å². The molecule has 3 aliphatic rings. The molecule has 2 saturated heterocycles. The fourth-order valence-electron chi connectivity index (χ4n) is 7.61. The van der Waals surface area contributed by atoms with Gasteiger partial charge in [0.25, 0.3) is 5.91 Å². The fourth-order valence-corrected chi connectivity index (χ4v) is 8.46. The maximum atomic E-state index is 14.1. The average molecular weight is 865 g/mol. The summed E-state index contributed by atoms with van der Waals surface area (Å²) in [5.41, 5.74) is 9.58. The van der Waals surface area contributed by atoms with Gasteiger partial charge in [-0.15, -0.1) is 11.3 Å². The number of thiazole rings is 1. The fraction of sp³-hybridized carbons (Fsp3) is 0.513. The number of hydrazine groups is 1. The number of methoxy groups -OCH3 is 1. The zero-order chi connectivity index (χ0) is 36.6. The number of ether oxygens (including phenoxy) is 3. The highest BCUT2D eigenvalue weighted by Gasteiger charge is 2.37. The molecule has 2 amide bonds. The van der Waals surface area contributed by atoms with Gasteiger partial charge >= 0.3 is 5.97 Å². The van der Waals surface area contributed by atoms with E-state index in [1.807, 2.05) is 18.4 Å². The number of hydrogen-bond acceptors (Lipinski definition) is 10. The molecule has 17 heteroatoms. The number of aryl methyl sites for hydroxylation is 1. The van der Waals surface area contributed by atoms with Gasteiger partial charge in [0.2, 0.25) is 5.91 Å². The molecule has 4 atom stereocenters. The van der Waals surface area contributed by atoms with Crippen LogP contribution in [0.25, 0.3) is 33.4 Å². The third-order valence-electron chi connectivity index (χ3n) is 10.4. The number of hydrogen-bond donors (Lipinski definition) is 2. The first kappa shape index (κ1) is 47.6. The Labute approximate surface area is 361 Å². The Morgan fingerprint density at radius 2 is 1.93 bits per heavy atom. The summed E-state index contributed by atoms with van der Waals surface area (Å²) >= 11 is 1.46. The van der Waals surface area contributed by atoms with Crippen LogP contribution in [0.1, 0.15) is 75.7 Å². The standard InChI is InChI=1S/C39H48N6O6S.4H2S/c1-6-44-31-14-13-24-18-26(31)27(35(44)25-10-7-15-40-34(25)23(2)49-5)20-39(3,4)22-51-38(48)28-11-8-16-45(43-28)37(47)29(19-33-41-30(24)21-52-33)42-36(46)32-12-9-17-50-32;;;;/h7,10,13-15,18,21,23,28-29,32,43H,6,8-9,11-12,16-17,19-20,22H2,1-5H3,(H,42,46);4*1H2/t23-,28-,29-,32-;;;;/m0..../s1. The number of aromatic nitrogens is 3. The summed E-state index contributed by atoms with van der Waals surface area (Å²) in [7, 11) is 1.70. The Morgan fingerprint density at radius 3 is 2.64 bits per heavy atom. The SMILES string of the molecule is CCn1c(-c2cccnc2[C@H](C)OC)c2c3cc(ccc31)-c1csc(n1)C[C@H](NC(=O)[C@@H]1CCCO1)C(=O)N1CCC[C@H](N1)C(=O)OCC(C)(C)C2.S.S.S.S. The van der Waals surface area contributed by atoms with Crippen LogP contribution < -0.4 is 10.7 Å². The zero-order valence-corrected chi connectivity index (χ0v) is 37.4. The van der Waals surface area contributed by atoms with E-state index in [1.165, 1.54) is 16.3 Å². The lowest BCUT2D eigenvalue weighted by atomic mass is 9.84. The van der Waals surface area contributed by atoms with Gasteiger partial charge < -0.3 is 24.1 Å². The monoisotopic (exact) mass is 864 g/mol. The van der Waals surface area contributed by atoms with Crippen molar-refractivity contribution in [1.29, 1.82) is 0 Å². The Kier molecular flexibility index (Phi) is 17.2. The molecule has 7 rings (SSSR count). The molecule has 4 aromatic rings. The maximum absolute atomic E-state index is 14.1. The molecule has 3 aromatic heterocycles. The second-order valence-corrected chi connectivity index (χ2v) is 15.7. The number of rotatable bonds is 6. The van der Waals surface area contributed by atoms with Crippen molar-refractivity contribution in [1.82, 2.24) is 30.3 Å². The van der Waals surface area contributed by atoms with Crippen molar-refractivity contribution in [2.75, 3.05) is 26.9 Å². The molecule has 6 bridgehead atoms. The minimum absolute atomic E-state index is 0. The Morgan fingerprint density at radius 1 is 1.14 bits per heavy atom. The molecule has 0 unspecified atom stereocenters. The number of carbonyl (C=O) groups excluding carboxylic acids is 3. The number of benzene rings is 1. The van der Waals surface area contributed by atoms with E-state index >= 15 is 0 Å². The first-order valence-corrected chi connectivity index (χ1v) is 19.2. The predicted molar refractivity (Wildman–Crippen MR) is 240 cm³/mol. The van der Waals surface area contributed by atoms with Crippen LogP contribution in [0.3, 0.4) is 0 Å². The molecule has 0 saturated carbocycles. The van der Waals surface area contributed by atoms with Crippen molar-refractivity contribution >= 4 is 94.0 Å². The zero-order valence-electron chi connectivity index (χ0n) is 32.6. The number of carbonyl (C=O) groups is 3. The Hall–Kier alpha value is -2.77. The summed E-state index contributed by atoms with van der Waals surface area (Å²) in [6, 6.07) is 8.92. The Balaban J connectivity index is 0.00000210.